The smallest absolute Gasteiger partial charge is 0.194 e. The van der Waals surface area contributed by atoms with E-state index in [4.69, 9.17) is 0 Å². The van der Waals surface area contributed by atoms with E-state index in [1.165, 1.54) is 6.07 Å². The molecule has 1 aromatic carbocycles. The number of thioether (sulfide) groups is 1. The van der Waals surface area contributed by atoms with Crippen molar-refractivity contribution in [2.45, 2.75) is 12.5 Å². The maximum atomic E-state index is 13.7. The highest BCUT2D eigenvalue weighted by atomic mass is 32.2. The number of hydrogen-bond donors (Lipinski definition) is 1. The van der Waals surface area contributed by atoms with Crippen molar-refractivity contribution in [3.63, 3.8) is 0 Å². The van der Waals surface area contributed by atoms with Crippen molar-refractivity contribution >= 4 is 11.8 Å². The van der Waals surface area contributed by atoms with E-state index in [1.54, 1.807) is 18.8 Å². The number of halogens is 3. The summed E-state index contributed by atoms with van der Waals surface area (Å²) in [5, 5.41) is 3.01. The zero-order chi connectivity index (χ0) is 12.4. The topological polar surface area (TPSA) is 12.0 Å². The molecular weight excluding hydrogens is 247 g/mol. The van der Waals surface area contributed by atoms with Gasteiger partial charge in [-0.25, -0.2) is 13.2 Å². The van der Waals surface area contributed by atoms with Crippen molar-refractivity contribution in [3.05, 3.63) is 35.1 Å². The largest absolute Gasteiger partial charge is 0.313 e. The summed E-state index contributed by atoms with van der Waals surface area (Å²) in [6.45, 7) is 0. The SMILES string of the molecule is CNC(c1ccc(F)c(F)c1F)C1CCSC1. The van der Waals surface area contributed by atoms with Crippen LogP contribution in [-0.2, 0) is 0 Å². The molecule has 0 bridgehead atoms. The van der Waals surface area contributed by atoms with E-state index in [0.29, 0.717) is 0 Å². The standard InChI is InChI=1S/C12H14F3NS/c1-16-12(7-4-5-17-6-7)8-2-3-9(13)11(15)10(8)14/h2-3,7,12,16H,4-6H2,1H3. The van der Waals surface area contributed by atoms with Gasteiger partial charge in [0.15, 0.2) is 17.5 Å². The first-order valence-corrected chi connectivity index (χ1v) is 6.69. The fraction of sp³-hybridized carbons (Fsp3) is 0.500. The highest BCUT2D eigenvalue weighted by molar-refractivity contribution is 7.99. The van der Waals surface area contributed by atoms with Crippen LogP contribution in [0.1, 0.15) is 18.0 Å². The zero-order valence-corrected chi connectivity index (χ0v) is 10.3. The summed E-state index contributed by atoms with van der Waals surface area (Å²) in [7, 11) is 1.72. The first-order chi connectivity index (χ1) is 8.15. The average Bonchev–Trinajstić information content (AvgIpc) is 2.84. The Morgan fingerprint density at radius 2 is 2.06 bits per heavy atom. The molecule has 1 aliphatic heterocycles. The predicted molar refractivity (Wildman–Crippen MR) is 63.5 cm³/mol. The highest BCUT2D eigenvalue weighted by Gasteiger charge is 2.29. The van der Waals surface area contributed by atoms with E-state index in [1.807, 2.05) is 0 Å². The van der Waals surface area contributed by atoms with Gasteiger partial charge in [0.25, 0.3) is 0 Å². The Morgan fingerprint density at radius 1 is 1.29 bits per heavy atom. The van der Waals surface area contributed by atoms with Gasteiger partial charge in [0.2, 0.25) is 0 Å². The molecule has 1 nitrogen and oxygen atoms in total. The van der Waals surface area contributed by atoms with Crippen LogP contribution in [0.25, 0.3) is 0 Å². The molecule has 2 atom stereocenters. The molecule has 1 N–H and O–H groups in total. The molecule has 1 aliphatic rings. The third kappa shape index (κ3) is 2.45. The van der Waals surface area contributed by atoms with E-state index < -0.39 is 17.5 Å². The van der Waals surface area contributed by atoms with E-state index in [-0.39, 0.29) is 17.5 Å². The maximum absolute atomic E-state index is 13.7. The molecule has 1 saturated heterocycles. The number of benzene rings is 1. The van der Waals surface area contributed by atoms with E-state index >= 15 is 0 Å². The Bertz CT molecular complexity index is 405. The number of hydrogen-bond acceptors (Lipinski definition) is 2. The van der Waals surface area contributed by atoms with Crippen molar-refractivity contribution < 1.29 is 13.2 Å². The maximum Gasteiger partial charge on any atom is 0.194 e. The summed E-state index contributed by atoms with van der Waals surface area (Å²) in [5.74, 6) is -1.36. The van der Waals surface area contributed by atoms with Crippen molar-refractivity contribution in [3.8, 4) is 0 Å². The summed E-state index contributed by atoms with van der Waals surface area (Å²) in [6.07, 6.45) is 0.967. The van der Waals surface area contributed by atoms with Crippen LogP contribution >= 0.6 is 11.8 Å². The minimum atomic E-state index is -1.38. The lowest BCUT2D eigenvalue weighted by Crippen LogP contribution is -2.26. The molecule has 0 spiro atoms. The summed E-state index contributed by atoms with van der Waals surface area (Å²) < 4.78 is 39.7. The van der Waals surface area contributed by atoms with Gasteiger partial charge >= 0.3 is 0 Å². The third-order valence-electron chi connectivity index (χ3n) is 3.15. The first-order valence-electron chi connectivity index (χ1n) is 5.53. The van der Waals surface area contributed by atoms with E-state index in [2.05, 4.69) is 5.32 Å². The lowest BCUT2D eigenvalue weighted by molar-refractivity contribution is 0.383. The second-order valence-electron chi connectivity index (χ2n) is 4.15. The van der Waals surface area contributed by atoms with Crippen LogP contribution in [-0.4, -0.2) is 18.6 Å². The molecule has 1 heterocycles. The van der Waals surface area contributed by atoms with Crippen LogP contribution in [0.3, 0.4) is 0 Å². The van der Waals surface area contributed by atoms with Gasteiger partial charge in [-0.05, 0) is 37.0 Å². The Kier molecular flexibility index (Phi) is 3.99. The average molecular weight is 261 g/mol. The molecule has 1 aromatic rings. The molecular formula is C12H14F3NS. The van der Waals surface area contributed by atoms with E-state index in [0.717, 1.165) is 24.0 Å². The fourth-order valence-corrected chi connectivity index (χ4v) is 3.54. The second kappa shape index (κ2) is 5.31. The van der Waals surface area contributed by atoms with Crippen molar-refractivity contribution in [1.82, 2.24) is 5.32 Å². The molecule has 0 amide bonds. The molecule has 94 valence electrons. The Morgan fingerprint density at radius 3 is 2.65 bits per heavy atom. The normalized spacial score (nSPS) is 21.8. The van der Waals surface area contributed by atoms with Crippen LogP contribution in [0.4, 0.5) is 13.2 Å². The van der Waals surface area contributed by atoms with Gasteiger partial charge in [-0.1, -0.05) is 6.07 Å². The van der Waals surface area contributed by atoms with Crippen LogP contribution < -0.4 is 5.32 Å². The minimum Gasteiger partial charge on any atom is -0.313 e. The van der Waals surface area contributed by atoms with Crippen LogP contribution in [0.5, 0.6) is 0 Å². The Labute approximate surface area is 103 Å². The first kappa shape index (κ1) is 12.8. The van der Waals surface area contributed by atoms with Crippen molar-refractivity contribution in [2.75, 3.05) is 18.6 Å². The summed E-state index contributed by atoms with van der Waals surface area (Å²) in [6, 6.07) is 2.07. The van der Waals surface area contributed by atoms with Crippen LogP contribution in [0.2, 0.25) is 0 Å². The molecule has 0 aliphatic carbocycles. The molecule has 0 radical (unpaired) electrons. The predicted octanol–water partition coefficient (Wildman–Crippen LogP) is 3.12. The molecule has 0 aromatic heterocycles. The van der Waals surface area contributed by atoms with Gasteiger partial charge in [0, 0.05) is 11.6 Å². The fourth-order valence-electron chi connectivity index (χ4n) is 2.24. The minimum absolute atomic E-state index is 0.221. The Hall–Kier alpha value is -0.680. The van der Waals surface area contributed by atoms with Gasteiger partial charge in [0.1, 0.15) is 0 Å². The van der Waals surface area contributed by atoms with Gasteiger partial charge in [0.05, 0.1) is 0 Å². The molecule has 2 rings (SSSR count). The van der Waals surface area contributed by atoms with Gasteiger partial charge in [-0.3, -0.25) is 0 Å². The molecule has 2 unspecified atom stereocenters. The van der Waals surface area contributed by atoms with E-state index in [9.17, 15) is 13.2 Å². The van der Waals surface area contributed by atoms with Gasteiger partial charge < -0.3 is 5.32 Å². The molecule has 17 heavy (non-hydrogen) atoms. The summed E-state index contributed by atoms with van der Waals surface area (Å²) in [5.41, 5.74) is 0.221. The molecule has 5 heteroatoms. The molecule has 0 saturated carbocycles. The quantitative estimate of drug-likeness (QED) is 0.839. The van der Waals surface area contributed by atoms with Crippen molar-refractivity contribution in [2.24, 2.45) is 5.92 Å². The van der Waals surface area contributed by atoms with Crippen LogP contribution in [0.15, 0.2) is 12.1 Å². The van der Waals surface area contributed by atoms with Crippen LogP contribution in [0, 0.1) is 23.4 Å². The Balaban J connectivity index is 2.33. The third-order valence-corrected chi connectivity index (χ3v) is 4.34. The summed E-state index contributed by atoms with van der Waals surface area (Å²) >= 11 is 1.80. The highest BCUT2D eigenvalue weighted by Crippen LogP contribution is 2.35. The lowest BCUT2D eigenvalue weighted by Gasteiger charge is -2.23. The molecule has 1 fully saturated rings. The lowest BCUT2D eigenvalue weighted by atomic mass is 9.92. The number of nitrogens with one attached hydrogen (secondary N) is 1. The second-order valence-corrected chi connectivity index (χ2v) is 5.30. The number of rotatable bonds is 3. The van der Waals surface area contributed by atoms with Gasteiger partial charge in [-0.2, -0.15) is 11.8 Å². The van der Waals surface area contributed by atoms with Crippen molar-refractivity contribution in [1.29, 1.82) is 0 Å². The summed E-state index contributed by atoms with van der Waals surface area (Å²) in [4.78, 5) is 0. The monoisotopic (exact) mass is 261 g/mol. The zero-order valence-electron chi connectivity index (χ0n) is 9.47. The van der Waals surface area contributed by atoms with Gasteiger partial charge in [-0.15, -0.1) is 0 Å².